The normalized spacial score (nSPS) is 10.5. The lowest BCUT2D eigenvalue weighted by Gasteiger charge is -2.08. The summed E-state index contributed by atoms with van der Waals surface area (Å²) in [6, 6.07) is 5.56. The van der Waals surface area contributed by atoms with Gasteiger partial charge in [-0.2, -0.15) is 0 Å². The summed E-state index contributed by atoms with van der Waals surface area (Å²) in [6.45, 7) is 0.477. The zero-order valence-corrected chi connectivity index (χ0v) is 8.56. The summed E-state index contributed by atoms with van der Waals surface area (Å²) in [5, 5.41) is 2.81. The van der Waals surface area contributed by atoms with Gasteiger partial charge in [0.15, 0.2) is 0 Å². The predicted octanol–water partition coefficient (Wildman–Crippen LogP) is 2.16. The van der Waals surface area contributed by atoms with Gasteiger partial charge in [0.05, 0.1) is 6.54 Å². The second-order valence-corrected chi connectivity index (χ2v) is 2.91. The van der Waals surface area contributed by atoms with Gasteiger partial charge >= 0.3 is 6.36 Å². The number of ether oxygens (including phenoxy) is 1. The zero-order valence-electron chi connectivity index (χ0n) is 8.56. The van der Waals surface area contributed by atoms with Gasteiger partial charge in [0.1, 0.15) is 5.75 Å². The van der Waals surface area contributed by atoms with Gasteiger partial charge in [-0.1, -0.05) is 17.9 Å². The van der Waals surface area contributed by atoms with Gasteiger partial charge < -0.3 is 10.1 Å². The van der Waals surface area contributed by atoms with Crippen LogP contribution in [0.1, 0.15) is 5.56 Å². The molecular weight excluding hydrogens is 219 g/mol. The Labute approximate surface area is 91.4 Å². The Kier molecular flexibility index (Phi) is 4.20. The molecule has 0 amide bonds. The number of alkyl halides is 3. The standard InChI is InChI=1S/C11H10F3NO/c1-15-7-3-5-9-4-2-6-10(8-9)16-11(12,13)14/h2,4,6,8,15H,7H2,1H3. The first-order valence-electron chi connectivity index (χ1n) is 4.50. The lowest BCUT2D eigenvalue weighted by molar-refractivity contribution is -0.274. The zero-order chi connectivity index (χ0) is 12.0. The Morgan fingerprint density at radius 3 is 2.75 bits per heavy atom. The second-order valence-electron chi connectivity index (χ2n) is 2.91. The van der Waals surface area contributed by atoms with Crippen molar-refractivity contribution in [3.8, 4) is 17.6 Å². The molecule has 0 aliphatic heterocycles. The molecule has 1 aromatic rings. The smallest absolute Gasteiger partial charge is 0.406 e. The van der Waals surface area contributed by atoms with E-state index in [2.05, 4.69) is 21.9 Å². The van der Waals surface area contributed by atoms with Crippen molar-refractivity contribution in [2.45, 2.75) is 6.36 Å². The van der Waals surface area contributed by atoms with E-state index < -0.39 is 6.36 Å². The molecule has 0 atom stereocenters. The Morgan fingerprint density at radius 1 is 1.38 bits per heavy atom. The fraction of sp³-hybridized carbons (Fsp3) is 0.273. The van der Waals surface area contributed by atoms with E-state index in [9.17, 15) is 13.2 Å². The maximum atomic E-state index is 11.9. The number of benzene rings is 1. The Bertz CT molecular complexity index is 404. The lowest BCUT2D eigenvalue weighted by Crippen LogP contribution is -2.17. The van der Waals surface area contributed by atoms with E-state index in [0.29, 0.717) is 12.1 Å². The predicted molar refractivity (Wildman–Crippen MR) is 53.9 cm³/mol. The highest BCUT2D eigenvalue weighted by atomic mass is 19.4. The summed E-state index contributed by atoms with van der Waals surface area (Å²) in [5.41, 5.74) is 0.483. The minimum absolute atomic E-state index is 0.260. The third kappa shape index (κ3) is 4.71. The third-order valence-corrected chi connectivity index (χ3v) is 1.57. The minimum Gasteiger partial charge on any atom is -0.406 e. The molecule has 0 spiro atoms. The minimum atomic E-state index is -4.67. The summed E-state index contributed by atoms with van der Waals surface area (Å²) in [6.07, 6.45) is -4.67. The molecular formula is C11H10F3NO. The van der Waals surface area contributed by atoms with Crippen molar-refractivity contribution in [2.24, 2.45) is 0 Å². The lowest BCUT2D eigenvalue weighted by atomic mass is 10.2. The molecule has 0 fully saturated rings. The summed E-state index contributed by atoms with van der Waals surface area (Å²) in [7, 11) is 1.73. The Morgan fingerprint density at radius 2 is 2.12 bits per heavy atom. The third-order valence-electron chi connectivity index (χ3n) is 1.57. The average Bonchev–Trinajstić information content (AvgIpc) is 2.16. The largest absolute Gasteiger partial charge is 0.573 e. The maximum absolute atomic E-state index is 11.9. The molecule has 0 aromatic heterocycles. The van der Waals surface area contributed by atoms with Crippen LogP contribution < -0.4 is 10.1 Å². The van der Waals surface area contributed by atoms with Gasteiger partial charge in [0, 0.05) is 5.56 Å². The molecule has 0 heterocycles. The molecule has 1 aromatic carbocycles. The van der Waals surface area contributed by atoms with E-state index >= 15 is 0 Å². The summed E-state index contributed by atoms with van der Waals surface area (Å²) in [5.74, 6) is 5.19. The number of halogens is 3. The van der Waals surface area contributed by atoms with Gasteiger partial charge in [0.25, 0.3) is 0 Å². The Hall–Kier alpha value is -1.67. The summed E-state index contributed by atoms with van der Waals surface area (Å²) >= 11 is 0. The second kappa shape index (κ2) is 5.42. The van der Waals surface area contributed by atoms with E-state index in [1.165, 1.54) is 18.2 Å². The number of hydrogen-bond donors (Lipinski definition) is 1. The molecule has 0 radical (unpaired) electrons. The first kappa shape index (κ1) is 12.4. The monoisotopic (exact) mass is 229 g/mol. The van der Waals surface area contributed by atoms with Crippen molar-refractivity contribution < 1.29 is 17.9 Å². The SMILES string of the molecule is CNCC#Cc1cccc(OC(F)(F)F)c1. The van der Waals surface area contributed by atoms with Crippen LogP contribution in [-0.2, 0) is 0 Å². The number of rotatable bonds is 2. The molecule has 1 N–H and O–H groups in total. The van der Waals surface area contributed by atoms with Gasteiger partial charge in [-0.3, -0.25) is 0 Å². The molecule has 1 rings (SSSR count). The highest BCUT2D eigenvalue weighted by Crippen LogP contribution is 2.22. The topological polar surface area (TPSA) is 21.3 Å². The van der Waals surface area contributed by atoms with E-state index in [-0.39, 0.29) is 5.75 Å². The van der Waals surface area contributed by atoms with Crippen LogP contribution in [0.5, 0.6) is 5.75 Å². The van der Waals surface area contributed by atoms with E-state index in [4.69, 9.17) is 0 Å². The van der Waals surface area contributed by atoms with Crippen molar-refractivity contribution in [3.63, 3.8) is 0 Å². The molecule has 0 saturated carbocycles. The molecule has 0 aliphatic carbocycles. The van der Waals surface area contributed by atoms with Crippen molar-refractivity contribution in [2.75, 3.05) is 13.6 Å². The van der Waals surface area contributed by atoms with Gasteiger partial charge in [-0.05, 0) is 25.2 Å². The average molecular weight is 229 g/mol. The summed E-state index contributed by atoms with van der Waals surface area (Å²) < 4.78 is 39.5. The van der Waals surface area contributed by atoms with Crippen LogP contribution in [0.3, 0.4) is 0 Å². The van der Waals surface area contributed by atoms with Crippen molar-refractivity contribution >= 4 is 0 Å². The van der Waals surface area contributed by atoms with Crippen molar-refractivity contribution in [3.05, 3.63) is 29.8 Å². The van der Waals surface area contributed by atoms with Crippen LogP contribution in [0.25, 0.3) is 0 Å². The first-order valence-corrected chi connectivity index (χ1v) is 4.50. The molecule has 2 nitrogen and oxygen atoms in total. The van der Waals surface area contributed by atoms with E-state index in [1.807, 2.05) is 0 Å². The quantitative estimate of drug-likeness (QED) is 0.784. The van der Waals surface area contributed by atoms with Crippen molar-refractivity contribution in [1.82, 2.24) is 5.32 Å². The molecule has 0 aliphatic rings. The summed E-state index contributed by atoms with van der Waals surface area (Å²) in [4.78, 5) is 0. The molecule has 0 unspecified atom stereocenters. The van der Waals surface area contributed by atoms with Crippen LogP contribution in [0, 0.1) is 11.8 Å². The number of hydrogen-bond acceptors (Lipinski definition) is 2. The molecule has 0 saturated heterocycles. The fourth-order valence-corrected chi connectivity index (χ4v) is 1.01. The molecule has 16 heavy (non-hydrogen) atoms. The van der Waals surface area contributed by atoms with Crippen LogP contribution in [0.15, 0.2) is 24.3 Å². The number of nitrogens with one attached hydrogen (secondary N) is 1. The fourth-order valence-electron chi connectivity index (χ4n) is 1.01. The Balaban J connectivity index is 2.76. The van der Waals surface area contributed by atoms with Crippen LogP contribution in [0.2, 0.25) is 0 Å². The van der Waals surface area contributed by atoms with Gasteiger partial charge in [0.2, 0.25) is 0 Å². The molecule has 0 bridgehead atoms. The van der Waals surface area contributed by atoms with Gasteiger partial charge in [-0.25, -0.2) is 0 Å². The molecule has 5 heteroatoms. The van der Waals surface area contributed by atoms with Crippen molar-refractivity contribution in [1.29, 1.82) is 0 Å². The van der Waals surface area contributed by atoms with E-state index in [1.54, 1.807) is 13.1 Å². The maximum Gasteiger partial charge on any atom is 0.573 e. The van der Waals surface area contributed by atoms with Crippen LogP contribution in [-0.4, -0.2) is 20.0 Å². The van der Waals surface area contributed by atoms with E-state index in [0.717, 1.165) is 0 Å². The first-order chi connectivity index (χ1) is 7.51. The van der Waals surface area contributed by atoms with Crippen LogP contribution in [0.4, 0.5) is 13.2 Å². The molecule has 86 valence electrons. The highest BCUT2D eigenvalue weighted by Gasteiger charge is 2.30. The van der Waals surface area contributed by atoms with Crippen LogP contribution >= 0.6 is 0 Å². The highest BCUT2D eigenvalue weighted by molar-refractivity contribution is 5.39. The van der Waals surface area contributed by atoms with Gasteiger partial charge in [-0.15, -0.1) is 13.2 Å².